The summed E-state index contributed by atoms with van der Waals surface area (Å²) in [6.45, 7) is 0.505. The summed E-state index contributed by atoms with van der Waals surface area (Å²) < 4.78 is 18.0. The molecule has 4 aromatic heterocycles. The van der Waals surface area contributed by atoms with E-state index < -0.39 is 0 Å². The first-order valence-corrected chi connectivity index (χ1v) is 11.5. The van der Waals surface area contributed by atoms with Gasteiger partial charge in [0.2, 0.25) is 5.88 Å². The molecule has 0 unspecified atom stereocenters. The highest BCUT2D eigenvalue weighted by atomic mass is 32.1. The topological polar surface area (TPSA) is 129 Å². The number of hydrogen-bond donors (Lipinski definition) is 2. The standard InChI is InChI=1S/C23H21N7O4S/c1-32-17-6-5-14(12-18(17)33-2)22-28-27-20-7-8-21(29-30(20)22)34-10-9-24-23(31)16-13-15(25-26-16)19-4-3-11-35-19/h3-8,11-13H,9-10H2,1-2H3,(H,24,31)(H,25,26). The van der Waals surface area contributed by atoms with Crippen LogP contribution in [0.15, 0.2) is 53.9 Å². The van der Waals surface area contributed by atoms with Crippen LogP contribution in [0.3, 0.4) is 0 Å². The molecule has 0 radical (unpaired) electrons. The van der Waals surface area contributed by atoms with Crippen LogP contribution in [-0.4, -0.2) is 63.3 Å². The molecule has 0 aliphatic carbocycles. The first-order chi connectivity index (χ1) is 17.2. The van der Waals surface area contributed by atoms with Crippen LogP contribution in [0, 0.1) is 0 Å². The molecule has 5 rings (SSSR count). The fraction of sp³-hybridized carbons (Fsp3) is 0.174. The van der Waals surface area contributed by atoms with Crippen molar-refractivity contribution in [2.45, 2.75) is 0 Å². The van der Waals surface area contributed by atoms with Gasteiger partial charge in [-0.3, -0.25) is 9.89 Å². The van der Waals surface area contributed by atoms with Crippen molar-refractivity contribution in [2.75, 3.05) is 27.4 Å². The lowest BCUT2D eigenvalue weighted by atomic mass is 10.2. The first kappa shape index (κ1) is 22.3. The molecule has 5 aromatic rings. The Kier molecular flexibility index (Phi) is 6.26. The van der Waals surface area contributed by atoms with Gasteiger partial charge in [-0.2, -0.15) is 9.61 Å². The lowest BCUT2D eigenvalue weighted by Gasteiger charge is -2.09. The van der Waals surface area contributed by atoms with Crippen LogP contribution in [0.1, 0.15) is 10.5 Å². The molecule has 0 spiro atoms. The van der Waals surface area contributed by atoms with E-state index in [1.165, 1.54) is 0 Å². The second-order valence-electron chi connectivity index (χ2n) is 7.28. The number of ether oxygens (including phenoxy) is 3. The van der Waals surface area contributed by atoms with Crippen LogP contribution in [-0.2, 0) is 0 Å². The summed E-state index contributed by atoms with van der Waals surface area (Å²) in [6.07, 6.45) is 0. The molecule has 11 nitrogen and oxygen atoms in total. The fourth-order valence-corrected chi connectivity index (χ4v) is 4.10. The highest BCUT2D eigenvalue weighted by molar-refractivity contribution is 7.13. The van der Waals surface area contributed by atoms with Crippen molar-refractivity contribution in [3.63, 3.8) is 0 Å². The van der Waals surface area contributed by atoms with Gasteiger partial charge in [0.1, 0.15) is 6.61 Å². The predicted molar refractivity (Wildman–Crippen MR) is 129 cm³/mol. The number of aromatic amines is 1. The van der Waals surface area contributed by atoms with Gasteiger partial charge in [-0.05, 0) is 41.8 Å². The average molecular weight is 492 g/mol. The number of benzene rings is 1. The number of aromatic nitrogens is 6. The summed E-state index contributed by atoms with van der Waals surface area (Å²) in [7, 11) is 3.15. The van der Waals surface area contributed by atoms with Crippen molar-refractivity contribution in [1.82, 2.24) is 35.3 Å². The number of methoxy groups -OCH3 is 2. The van der Waals surface area contributed by atoms with Gasteiger partial charge in [0.05, 0.1) is 31.3 Å². The molecule has 0 atom stereocenters. The zero-order valence-electron chi connectivity index (χ0n) is 18.9. The molecule has 4 heterocycles. The highest BCUT2D eigenvalue weighted by Gasteiger charge is 2.14. The minimum Gasteiger partial charge on any atom is -0.493 e. The molecule has 0 aliphatic heterocycles. The second kappa shape index (κ2) is 9.81. The Hall–Kier alpha value is -4.45. The molecular formula is C23H21N7O4S. The molecule has 1 amide bonds. The van der Waals surface area contributed by atoms with E-state index in [-0.39, 0.29) is 19.1 Å². The maximum Gasteiger partial charge on any atom is 0.271 e. The molecule has 0 bridgehead atoms. The number of thiophene rings is 1. The largest absolute Gasteiger partial charge is 0.493 e. The van der Waals surface area contributed by atoms with Gasteiger partial charge >= 0.3 is 0 Å². The lowest BCUT2D eigenvalue weighted by molar-refractivity contribution is 0.0941. The molecule has 0 fully saturated rings. The molecule has 178 valence electrons. The molecule has 12 heteroatoms. The van der Waals surface area contributed by atoms with Crippen LogP contribution in [0.2, 0.25) is 0 Å². The van der Waals surface area contributed by atoms with Gasteiger partial charge in [0, 0.05) is 11.6 Å². The molecule has 0 aliphatic rings. The summed E-state index contributed by atoms with van der Waals surface area (Å²) >= 11 is 1.57. The third-order valence-corrected chi connectivity index (χ3v) is 6.02. The zero-order chi connectivity index (χ0) is 24.2. The number of H-pyrrole nitrogens is 1. The molecular weight excluding hydrogens is 470 g/mol. The van der Waals surface area contributed by atoms with Gasteiger partial charge < -0.3 is 19.5 Å². The Morgan fingerprint density at radius 1 is 1.09 bits per heavy atom. The van der Waals surface area contributed by atoms with Crippen molar-refractivity contribution in [1.29, 1.82) is 0 Å². The Bertz CT molecular complexity index is 1460. The van der Waals surface area contributed by atoms with Gasteiger partial charge in [0.25, 0.3) is 5.91 Å². The average Bonchev–Trinajstić information content (AvgIpc) is 3.66. The van der Waals surface area contributed by atoms with E-state index in [0.717, 1.165) is 16.1 Å². The van der Waals surface area contributed by atoms with E-state index in [9.17, 15) is 4.79 Å². The highest BCUT2D eigenvalue weighted by Crippen LogP contribution is 2.31. The maximum atomic E-state index is 12.4. The Labute approximate surface area is 203 Å². The second-order valence-corrected chi connectivity index (χ2v) is 8.23. The van der Waals surface area contributed by atoms with Gasteiger partial charge in [-0.15, -0.1) is 26.6 Å². The predicted octanol–water partition coefficient (Wildman–Crippen LogP) is 3.07. The summed E-state index contributed by atoms with van der Waals surface area (Å²) in [6, 6.07) is 14.5. The summed E-state index contributed by atoms with van der Waals surface area (Å²) in [5.74, 6) is 1.80. The molecule has 2 N–H and O–H groups in total. The summed E-state index contributed by atoms with van der Waals surface area (Å²) in [5, 5.41) is 24.6. The number of carbonyl (C=O) groups is 1. The van der Waals surface area contributed by atoms with Gasteiger partial charge in [-0.25, -0.2) is 0 Å². The minimum atomic E-state index is -0.286. The molecule has 0 saturated carbocycles. The monoisotopic (exact) mass is 491 g/mol. The first-order valence-electron chi connectivity index (χ1n) is 10.6. The maximum absolute atomic E-state index is 12.4. The van der Waals surface area contributed by atoms with Crippen molar-refractivity contribution < 1.29 is 19.0 Å². The van der Waals surface area contributed by atoms with Crippen LogP contribution in [0.25, 0.3) is 27.6 Å². The Morgan fingerprint density at radius 3 is 2.77 bits per heavy atom. The van der Waals surface area contributed by atoms with Gasteiger partial charge in [0.15, 0.2) is 28.7 Å². The number of hydrogen-bond acceptors (Lipinski definition) is 9. The van der Waals surface area contributed by atoms with Crippen LogP contribution in [0.5, 0.6) is 17.4 Å². The van der Waals surface area contributed by atoms with Crippen LogP contribution in [0.4, 0.5) is 0 Å². The third-order valence-electron chi connectivity index (χ3n) is 5.11. The van der Waals surface area contributed by atoms with E-state index >= 15 is 0 Å². The molecule has 35 heavy (non-hydrogen) atoms. The van der Waals surface area contributed by atoms with E-state index in [0.29, 0.717) is 34.5 Å². The number of nitrogens with zero attached hydrogens (tertiary/aromatic N) is 5. The third kappa shape index (κ3) is 4.64. The number of amides is 1. The number of carbonyl (C=O) groups excluding carboxylic acids is 1. The number of rotatable bonds is 9. The van der Waals surface area contributed by atoms with E-state index in [1.807, 2.05) is 23.6 Å². The summed E-state index contributed by atoms with van der Waals surface area (Å²) in [4.78, 5) is 13.4. The van der Waals surface area contributed by atoms with Crippen molar-refractivity contribution >= 4 is 22.9 Å². The molecule has 0 saturated heterocycles. The van der Waals surface area contributed by atoms with Crippen LogP contribution < -0.4 is 19.5 Å². The number of fused-ring (bicyclic) bond motifs is 1. The quantitative estimate of drug-likeness (QED) is 0.301. The van der Waals surface area contributed by atoms with Gasteiger partial charge in [-0.1, -0.05) is 6.07 Å². The smallest absolute Gasteiger partial charge is 0.271 e. The lowest BCUT2D eigenvalue weighted by Crippen LogP contribution is -2.28. The van der Waals surface area contributed by atoms with E-state index in [2.05, 4.69) is 30.8 Å². The van der Waals surface area contributed by atoms with Crippen LogP contribution >= 0.6 is 11.3 Å². The van der Waals surface area contributed by atoms with Crippen molar-refractivity contribution in [3.8, 4) is 39.3 Å². The van der Waals surface area contributed by atoms with E-state index in [4.69, 9.17) is 14.2 Å². The Balaban J connectivity index is 1.22. The summed E-state index contributed by atoms with van der Waals surface area (Å²) in [5.41, 5.74) is 2.44. The van der Waals surface area contributed by atoms with Crippen molar-refractivity contribution in [3.05, 3.63) is 59.6 Å². The zero-order valence-corrected chi connectivity index (χ0v) is 19.7. The minimum absolute atomic E-state index is 0.222. The normalized spacial score (nSPS) is 10.9. The van der Waals surface area contributed by atoms with E-state index in [1.54, 1.807) is 60.4 Å². The number of nitrogens with one attached hydrogen (secondary N) is 2. The molecule has 1 aromatic carbocycles. The van der Waals surface area contributed by atoms with Crippen molar-refractivity contribution in [2.24, 2.45) is 0 Å². The fourth-order valence-electron chi connectivity index (χ4n) is 3.41. The Morgan fingerprint density at radius 2 is 1.97 bits per heavy atom. The SMILES string of the molecule is COc1ccc(-c2nnc3ccc(OCCNC(=O)c4cc(-c5cccs5)[nH]n4)nn23)cc1OC.